The first kappa shape index (κ1) is 7.57. The minimum atomic E-state index is 0. The van der Waals surface area contributed by atoms with E-state index in [4.69, 9.17) is 1.37 Å². The summed E-state index contributed by atoms with van der Waals surface area (Å²) < 4.78 is 6.66. The van der Waals surface area contributed by atoms with Crippen molar-refractivity contribution >= 4 is 0 Å². The molecular formula is C9H7W-. The summed E-state index contributed by atoms with van der Waals surface area (Å²) in [5.74, 6) is 2.64. The Morgan fingerprint density at radius 1 is 1.80 bits per heavy atom. The molecule has 0 bridgehead atoms. The van der Waals surface area contributed by atoms with Crippen molar-refractivity contribution in [2.24, 2.45) is 0 Å². The Labute approximate surface area is 77.3 Å². The van der Waals surface area contributed by atoms with E-state index in [1.54, 1.807) is 6.07 Å². The van der Waals surface area contributed by atoms with Crippen molar-refractivity contribution < 1.29 is 22.4 Å². The molecule has 1 aromatic rings. The molecule has 0 fully saturated rings. The second-order valence-corrected chi connectivity index (χ2v) is 1.85. The molecule has 0 heterocycles. The predicted molar refractivity (Wildman–Crippen MR) is 38.0 cm³/mol. The third-order valence-electron chi connectivity index (χ3n) is 1.19. The van der Waals surface area contributed by atoms with Crippen LogP contribution in [-0.4, -0.2) is 0 Å². The number of terminal acetylenes is 1. The molecule has 0 aliphatic heterocycles. The summed E-state index contributed by atoms with van der Waals surface area (Å²) in [5.41, 5.74) is 1.89. The van der Waals surface area contributed by atoms with Crippen molar-refractivity contribution in [3.05, 3.63) is 35.4 Å². The standard InChI is InChI=1S/C9H7.W/c1-3-9-7-5-4-6-8(9)2;/h1,4-6H,2H3;/q-1;/i1D;. The van der Waals surface area contributed by atoms with Crippen molar-refractivity contribution in [1.29, 1.82) is 0 Å². The largest absolute Gasteiger partial charge is 0.195 e. The molecule has 0 radical (unpaired) electrons. The monoisotopic (exact) mass is 300 g/mol. The van der Waals surface area contributed by atoms with Crippen LogP contribution in [0, 0.1) is 25.3 Å². The second kappa shape index (κ2) is 4.31. The third-order valence-corrected chi connectivity index (χ3v) is 1.19. The van der Waals surface area contributed by atoms with Crippen molar-refractivity contribution in [3.63, 3.8) is 0 Å². The normalized spacial score (nSPS) is 8.30. The molecule has 0 aliphatic carbocycles. The fourth-order valence-corrected chi connectivity index (χ4v) is 0.656. The molecule has 10 heavy (non-hydrogen) atoms. The summed E-state index contributed by atoms with van der Waals surface area (Å²) in [7, 11) is 0. The van der Waals surface area contributed by atoms with Gasteiger partial charge in [-0.05, 0) is 0 Å². The Bertz CT molecular complexity index is 283. The van der Waals surface area contributed by atoms with Crippen molar-refractivity contribution in [2.75, 3.05) is 0 Å². The van der Waals surface area contributed by atoms with Crippen LogP contribution in [0.4, 0.5) is 0 Å². The van der Waals surface area contributed by atoms with Crippen LogP contribution in [0.1, 0.15) is 12.5 Å². The number of hydrogen-bond donors (Lipinski definition) is 0. The average molecular weight is 300 g/mol. The van der Waals surface area contributed by atoms with Crippen molar-refractivity contribution in [1.82, 2.24) is 0 Å². The van der Waals surface area contributed by atoms with E-state index in [-0.39, 0.29) is 21.1 Å². The van der Waals surface area contributed by atoms with Gasteiger partial charge in [0.05, 0.1) is 0 Å². The predicted octanol–water partition coefficient (Wildman–Crippen LogP) is 1.77. The molecule has 0 atom stereocenters. The first-order valence-electron chi connectivity index (χ1n) is 3.24. The topological polar surface area (TPSA) is 0 Å². The number of aryl methyl sites for hydroxylation is 1. The SMILES string of the molecule is [2H]C#Cc1[c-]cccc1C.[W]. The minimum Gasteiger partial charge on any atom is -0.195 e. The maximum atomic E-state index is 6.66. The Morgan fingerprint density at radius 3 is 3.20 bits per heavy atom. The first-order chi connectivity index (χ1) is 4.84. The Kier molecular flexibility index (Phi) is 3.26. The Balaban J connectivity index is 0.000001000. The van der Waals surface area contributed by atoms with E-state index < -0.39 is 0 Å². The molecule has 1 rings (SSSR count). The van der Waals surface area contributed by atoms with Gasteiger partial charge in [0.25, 0.3) is 0 Å². The molecule has 50 valence electrons. The van der Waals surface area contributed by atoms with Crippen LogP contribution < -0.4 is 0 Å². The summed E-state index contributed by atoms with van der Waals surface area (Å²) in [5, 5.41) is 0. The van der Waals surface area contributed by atoms with Gasteiger partial charge in [0, 0.05) is 21.1 Å². The molecular weight excluding hydrogens is 292 g/mol. The zero-order valence-corrected chi connectivity index (χ0v) is 8.57. The third kappa shape index (κ3) is 2.01. The van der Waals surface area contributed by atoms with Crippen LogP contribution in [0.15, 0.2) is 18.2 Å². The van der Waals surface area contributed by atoms with E-state index in [1.165, 1.54) is 0 Å². The molecule has 0 spiro atoms. The molecule has 0 N–H and O–H groups in total. The summed E-state index contributed by atoms with van der Waals surface area (Å²) in [6.07, 6.45) is 2.09. The van der Waals surface area contributed by atoms with Gasteiger partial charge >= 0.3 is 0 Å². The van der Waals surface area contributed by atoms with Crippen molar-refractivity contribution in [2.45, 2.75) is 6.92 Å². The van der Waals surface area contributed by atoms with E-state index in [1.807, 2.05) is 19.1 Å². The average Bonchev–Trinajstić information content (AvgIpc) is 1.94. The first-order valence-corrected chi connectivity index (χ1v) is 2.74. The number of rotatable bonds is 0. The van der Waals surface area contributed by atoms with Crippen molar-refractivity contribution in [3.8, 4) is 12.3 Å². The fraction of sp³-hybridized carbons (Fsp3) is 0.111. The minimum absolute atomic E-state index is 0. The molecule has 0 saturated carbocycles. The van der Waals surface area contributed by atoms with E-state index >= 15 is 0 Å². The zero-order chi connectivity index (χ0) is 7.40. The van der Waals surface area contributed by atoms with Crippen LogP contribution >= 0.6 is 0 Å². The van der Waals surface area contributed by atoms with Gasteiger partial charge in [0.15, 0.2) is 0 Å². The molecule has 1 aromatic carbocycles. The number of hydrogen-bond acceptors (Lipinski definition) is 0. The smallest absolute Gasteiger partial charge is 0.112 e. The zero-order valence-electron chi connectivity index (χ0n) is 6.64. The second-order valence-electron chi connectivity index (χ2n) is 1.85. The summed E-state index contributed by atoms with van der Waals surface area (Å²) in [6, 6.07) is 8.60. The van der Waals surface area contributed by atoms with Gasteiger partial charge in [-0.15, -0.1) is 35.4 Å². The van der Waals surface area contributed by atoms with Crippen LogP contribution in [0.2, 0.25) is 0 Å². The Hall–Kier alpha value is -0.532. The van der Waals surface area contributed by atoms with E-state index in [0.29, 0.717) is 0 Å². The summed E-state index contributed by atoms with van der Waals surface area (Å²) in [4.78, 5) is 0. The van der Waals surface area contributed by atoms with Crippen LogP contribution in [0.25, 0.3) is 0 Å². The van der Waals surface area contributed by atoms with Gasteiger partial charge in [0.2, 0.25) is 0 Å². The van der Waals surface area contributed by atoms with E-state index in [9.17, 15) is 0 Å². The van der Waals surface area contributed by atoms with Gasteiger partial charge in [-0.3, -0.25) is 0 Å². The van der Waals surface area contributed by atoms with Gasteiger partial charge in [-0.1, -0.05) is 6.92 Å². The molecule has 0 aliphatic rings. The maximum Gasteiger partial charge on any atom is 0.112 e. The van der Waals surface area contributed by atoms with Gasteiger partial charge in [-0.2, -0.15) is 12.3 Å². The van der Waals surface area contributed by atoms with Gasteiger partial charge < -0.3 is 0 Å². The summed E-state index contributed by atoms with van der Waals surface area (Å²) >= 11 is 0. The van der Waals surface area contributed by atoms with E-state index in [2.05, 4.69) is 18.4 Å². The Morgan fingerprint density at radius 2 is 2.60 bits per heavy atom. The van der Waals surface area contributed by atoms with E-state index in [0.717, 1.165) is 11.1 Å². The van der Waals surface area contributed by atoms with Crippen LogP contribution in [0.5, 0.6) is 0 Å². The molecule has 1 heteroatoms. The molecule has 0 saturated heterocycles. The maximum absolute atomic E-state index is 6.66. The summed E-state index contributed by atoms with van der Waals surface area (Å²) in [6.45, 7) is 1.95. The molecule has 0 aromatic heterocycles. The fourth-order valence-electron chi connectivity index (χ4n) is 0.656. The molecule has 0 unspecified atom stereocenters. The molecule has 0 nitrogen and oxygen atoms in total. The quantitative estimate of drug-likeness (QED) is 0.506. The number of benzene rings is 1. The van der Waals surface area contributed by atoms with Gasteiger partial charge in [-0.25, -0.2) is 0 Å². The molecule has 0 amide bonds. The van der Waals surface area contributed by atoms with Crippen LogP contribution in [0.3, 0.4) is 0 Å². The van der Waals surface area contributed by atoms with Crippen LogP contribution in [-0.2, 0) is 21.1 Å². The van der Waals surface area contributed by atoms with Gasteiger partial charge in [0.1, 0.15) is 1.37 Å².